The van der Waals surface area contributed by atoms with Gasteiger partial charge in [0.25, 0.3) is 0 Å². The van der Waals surface area contributed by atoms with Gasteiger partial charge in [-0.1, -0.05) is 6.07 Å². The van der Waals surface area contributed by atoms with Crippen molar-refractivity contribution in [3.8, 4) is 0 Å². The van der Waals surface area contributed by atoms with Gasteiger partial charge >= 0.3 is 0 Å². The molecule has 0 aromatic carbocycles. The van der Waals surface area contributed by atoms with Crippen molar-refractivity contribution < 1.29 is 13.5 Å². The normalized spacial score (nSPS) is 22.6. The Labute approximate surface area is 140 Å². The molecule has 0 bridgehead atoms. The summed E-state index contributed by atoms with van der Waals surface area (Å²) in [7, 11) is -3.62. The lowest BCUT2D eigenvalue weighted by molar-refractivity contribution is 0.0273. The fourth-order valence-electron chi connectivity index (χ4n) is 2.97. The molecule has 0 amide bonds. The van der Waals surface area contributed by atoms with Crippen LogP contribution in [0.3, 0.4) is 0 Å². The van der Waals surface area contributed by atoms with Gasteiger partial charge in [-0.25, -0.2) is 13.1 Å². The van der Waals surface area contributed by atoms with Crippen LogP contribution in [-0.2, 0) is 10.0 Å². The van der Waals surface area contributed by atoms with Gasteiger partial charge in [0.2, 0.25) is 10.0 Å². The summed E-state index contributed by atoms with van der Waals surface area (Å²) in [6.45, 7) is 3.71. The molecule has 2 N–H and O–H groups in total. The number of hydrogen-bond acceptors (Lipinski definition) is 5. The van der Waals surface area contributed by atoms with E-state index >= 15 is 0 Å². The van der Waals surface area contributed by atoms with Crippen molar-refractivity contribution in [2.75, 3.05) is 0 Å². The zero-order chi connectivity index (χ0) is 16.6. The molecule has 1 aliphatic rings. The number of nitrogens with zero attached hydrogens (tertiary/aromatic N) is 1. The van der Waals surface area contributed by atoms with Crippen LogP contribution in [0.15, 0.2) is 35.4 Å². The van der Waals surface area contributed by atoms with Gasteiger partial charge in [-0.05, 0) is 50.8 Å². The summed E-state index contributed by atoms with van der Waals surface area (Å²) in [4.78, 5) is 6.39. The molecule has 5 nitrogen and oxygen atoms in total. The van der Waals surface area contributed by atoms with Crippen molar-refractivity contribution in [2.24, 2.45) is 5.92 Å². The number of aryl methyl sites for hydroxylation is 2. The van der Waals surface area contributed by atoms with Crippen molar-refractivity contribution in [2.45, 2.75) is 43.7 Å². The molecule has 0 saturated heterocycles. The quantitative estimate of drug-likeness (QED) is 0.867. The molecule has 0 unspecified atom stereocenters. The molecule has 124 valence electrons. The first-order valence-electron chi connectivity index (χ1n) is 7.55. The predicted octanol–water partition coefficient (Wildman–Crippen LogP) is 2.55. The third kappa shape index (κ3) is 3.47. The van der Waals surface area contributed by atoms with Crippen LogP contribution in [0.2, 0.25) is 0 Å². The van der Waals surface area contributed by atoms with Crippen LogP contribution in [0.4, 0.5) is 0 Å². The number of rotatable bonds is 5. The lowest BCUT2D eigenvalue weighted by atomic mass is 9.76. The van der Waals surface area contributed by atoms with Crippen molar-refractivity contribution in [3.63, 3.8) is 0 Å². The van der Waals surface area contributed by atoms with E-state index in [1.165, 1.54) is 11.3 Å². The third-order valence-corrected chi connectivity index (χ3v) is 6.86. The maximum atomic E-state index is 12.8. The van der Waals surface area contributed by atoms with Crippen molar-refractivity contribution >= 4 is 21.4 Å². The van der Waals surface area contributed by atoms with Crippen molar-refractivity contribution in [3.05, 3.63) is 45.9 Å². The molecular weight excluding hydrogens is 332 g/mol. The minimum absolute atomic E-state index is 0.0645. The Kier molecular flexibility index (Phi) is 4.55. The molecule has 2 heterocycles. The molecule has 3 rings (SSSR count). The van der Waals surface area contributed by atoms with E-state index < -0.39 is 16.1 Å². The summed E-state index contributed by atoms with van der Waals surface area (Å²) in [6.07, 6.45) is 2.49. The number of aliphatic hydroxyl groups excluding tert-OH is 1. The zero-order valence-electron chi connectivity index (χ0n) is 13.1. The Morgan fingerprint density at radius 3 is 2.61 bits per heavy atom. The maximum Gasteiger partial charge on any atom is 0.242 e. The van der Waals surface area contributed by atoms with E-state index in [1.54, 1.807) is 18.3 Å². The first-order chi connectivity index (χ1) is 10.9. The molecule has 2 aromatic heterocycles. The lowest BCUT2D eigenvalue weighted by Crippen LogP contribution is -2.41. The van der Waals surface area contributed by atoms with Crippen LogP contribution < -0.4 is 4.72 Å². The van der Waals surface area contributed by atoms with E-state index in [2.05, 4.69) is 9.71 Å². The Morgan fingerprint density at radius 1 is 1.35 bits per heavy atom. The summed E-state index contributed by atoms with van der Waals surface area (Å²) >= 11 is 1.47. The second-order valence-corrected chi connectivity index (χ2v) is 9.16. The minimum atomic E-state index is -3.62. The van der Waals surface area contributed by atoms with E-state index in [9.17, 15) is 13.5 Å². The monoisotopic (exact) mass is 352 g/mol. The number of pyridine rings is 1. The fourth-order valence-corrected chi connectivity index (χ4v) is 5.80. The molecular formula is C16H20N2O3S2. The maximum absolute atomic E-state index is 12.8. The molecule has 23 heavy (non-hydrogen) atoms. The molecule has 1 saturated carbocycles. The van der Waals surface area contributed by atoms with E-state index in [0.717, 1.165) is 9.75 Å². The molecule has 0 radical (unpaired) electrons. The standard InChI is InChI=1S/C16H20N2O3S2/c1-10-7-15(11(2)22-10)23(20,21)18-16(12-8-13(19)9-12)14-5-3-4-6-17-14/h3-7,12-13,16,18-19H,8-9H2,1-2H3/t12?,13?,16-/m1/s1. The van der Waals surface area contributed by atoms with Gasteiger partial charge in [0, 0.05) is 16.0 Å². The average molecular weight is 352 g/mol. The lowest BCUT2D eigenvalue weighted by Gasteiger charge is -2.37. The molecule has 0 spiro atoms. The molecule has 1 aliphatic carbocycles. The Morgan fingerprint density at radius 2 is 2.09 bits per heavy atom. The van der Waals surface area contributed by atoms with Crippen molar-refractivity contribution in [1.29, 1.82) is 0 Å². The van der Waals surface area contributed by atoms with Gasteiger partial charge in [-0.2, -0.15) is 0 Å². The predicted molar refractivity (Wildman–Crippen MR) is 89.8 cm³/mol. The minimum Gasteiger partial charge on any atom is -0.393 e. The van der Waals surface area contributed by atoms with Gasteiger partial charge in [0.05, 0.1) is 22.7 Å². The van der Waals surface area contributed by atoms with E-state index in [4.69, 9.17) is 0 Å². The van der Waals surface area contributed by atoms with Crippen LogP contribution in [0.5, 0.6) is 0 Å². The Bertz CT molecular complexity index is 781. The smallest absolute Gasteiger partial charge is 0.242 e. The van der Waals surface area contributed by atoms with E-state index in [-0.39, 0.29) is 12.0 Å². The SMILES string of the molecule is Cc1cc(S(=O)(=O)N[C@@H](c2ccccn2)C2CC(O)C2)c(C)s1. The van der Waals surface area contributed by atoms with Gasteiger partial charge in [0.15, 0.2) is 0 Å². The second-order valence-electron chi connectivity index (χ2n) is 6.02. The molecule has 1 atom stereocenters. The first-order valence-corrected chi connectivity index (χ1v) is 9.85. The second kappa shape index (κ2) is 6.32. The van der Waals surface area contributed by atoms with Gasteiger partial charge in [-0.15, -0.1) is 11.3 Å². The summed E-state index contributed by atoms with van der Waals surface area (Å²) in [5.41, 5.74) is 0.692. The summed E-state index contributed by atoms with van der Waals surface area (Å²) in [6, 6.07) is 6.76. The van der Waals surface area contributed by atoms with Crippen LogP contribution in [0.1, 0.15) is 34.3 Å². The topological polar surface area (TPSA) is 79.3 Å². The summed E-state index contributed by atoms with van der Waals surface area (Å²) in [5, 5.41) is 9.58. The number of nitrogens with one attached hydrogen (secondary N) is 1. The van der Waals surface area contributed by atoms with Gasteiger partial charge in [-0.3, -0.25) is 4.98 Å². The highest BCUT2D eigenvalue weighted by atomic mass is 32.2. The summed E-state index contributed by atoms with van der Waals surface area (Å²) in [5.74, 6) is 0.0645. The molecule has 2 aromatic rings. The van der Waals surface area contributed by atoms with Gasteiger partial charge < -0.3 is 5.11 Å². The number of aromatic nitrogens is 1. The Hall–Kier alpha value is -1.28. The number of sulfonamides is 1. The summed E-state index contributed by atoms with van der Waals surface area (Å²) < 4.78 is 28.4. The third-order valence-electron chi connectivity index (χ3n) is 4.19. The van der Waals surface area contributed by atoms with Crippen LogP contribution in [-0.4, -0.2) is 24.6 Å². The van der Waals surface area contributed by atoms with Crippen LogP contribution >= 0.6 is 11.3 Å². The van der Waals surface area contributed by atoms with Crippen LogP contribution in [0, 0.1) is 19.8 Å². The highest BCUT2D eigenvalue weighted by Crippen LogP contribution is 2.38. The highest BCUT2D eigenvalue weighted by molar-refractivity contribution is 7.89. The number of hydrogen-bond donors (Lipinski definition) is 2. The van der Waals surface area contributed by atoms with Gasteiger partial charge in [0.1, 0.15) is 0 Å². The zero-order valence-corrected chi connectivity index (χ0v) is 14.7. The fraction of sp³-hybridized carbons (Fsp3) is 0.438. The van der Waals surface area contributed by atoms with Crippen LogP contribution in [0.25, 0.3) is 0 Å². The molecule has 1 fully saturated rings. The largest absolute Gasteiger partial charge is 0.393 e. The van der Waals surface area contributed by atoms with E-state index in [1.807, 2.05) is 26.0 Å². The average Bonchev–Trinajstić information content (AvgIpc) is 2.82. The molecule has 0 aliphatic heterocycles. The molecule has 7 heteroatoms. The van der Waals surface area contributed by atoms with E-state index in [0.29, 0.717) is 23.4 Å². The highest BCUT2D eigenvalue weighted by Gasteiger charge is 2.38. The van der Waals surface area contributed by atoms with Crippen molar-refractivity contribution in [1.82, 2.24) is 9.71 Å². The first kappa shape index (κ1) is 16.6. The Balaban J connectivity index is 1.90. The number of thiophene rings is 1. The number of aliphatic hydroxyl groups is 1.